The first kappa shape index (κ1) is 11.0. The second-order valence-electron chi connectivity index (χ2n) is 3.31. The minimum absolute atomic E-state index is 0.592. The normalized spacial score (nSPS) is 9.81. The van der Waals surface area contributed by atoms with E-state index in [1.165, 1.54) is 0 Å². The standard InChI is InChI=1S/C13H7Cl2N/c14-11-4-2-10(3-5-11)12-7-9(8-16)1-6-13(12)15/h1-7H. The summed E-state index contributed by atoms with van der Waals surface area (Å²) in [6, 6.07) is 14.6. The summed E-state index contributed by atoms with van der Waals surface area (Å²) < 4.78 is 0. The van der Waals surface area contributed by atoms with Gasteiger partial charge >= 0.3 is 0 Å². The van der Waals surface area contributed by atoms with Gasteiger partial charge in [-0.1, -0.05) is 35.3 Å². The van der Waals surface area contributed by atoms with Crippen molar-refractivity contribution in [1.29, 1.82) is 5.26 Å². The van der Waals surface area contributed by atoms with Gasteiger partial charge in [-0.25, -0.2) is 0 Å². The Hall–Kier alpha value is -1.49. The molecule has 0 bridgehead atoms. The van der Waals surface area contributed by atoms with Crippen LogP contribution in [-0.4, -0.2) is 0 Å². The minimum Gasteiger partial charge on any atom is -0.192 e. The van der Waals surface area contributed by atoms with Crippen LogP contribution in [0.15, 0.2) is 42.5 Å². The van der Waals surface area contributed by atoms with Gasteiger partial charge in [0, 0.05) is 15.6 Å². The van der Waals surface area contributed by atoms with Gasteiger partial charge in [-0.05, 0) is 35.9 Å². The van der Waals surface area contributed by atoms with Gasteiger partial charge in [-0.2, -0.15) is 5.26 Å². The summed E-state index contributed by atoms with van der Waals surface area (Å²) >= 11 is 11.9. The Morgan fingerprint density at radius 3 is 2.25 bits per heavy atom. The summed E-state index contributed by atoms with van der Waals surface area (Å²) in [7, 11) is 0. The molecule has 0 aliphatic rings. The fourth-order valence-electron chi connectivity index (χ4n) is 1.45. The van der Waals surface area contributed by atoms with Gasteiger partial charge in [0.2, 0.25) is 0 Å². The van der Waals surface area contributed by atoms with Crippen molar-refractivity contribution in [3.63, 3.8) is 0 Å². The molecule has 1 nitrogen and oxygen atoms in total. The highest BCUT2D eigenvalue weighted by atomic mass is 35.5. The Bertz CT molecular complexity index is 553. The molecule has 0 atom stereocenters. The first-order valence-electron chi connectivity index (χ1n) is 4.66. The quantitative estimate of drug-likeness (QED) is 0.727. The van der Waals surface area contributed by atoms with Crippen molar-refractivity contribution in [2.24, 2.45) is 0 Å². The van der Waals surface area contributed by atoms with E-state index in [9.17, 15) is 0 Å². The lowest BCUT2D eigenvalue weighted by Crippen LogP contribution is -1.82. The molecule has 0 aliphatic heterocycles. The highest BCUT2D eigenvalue weighted by molar-refractivity contribution is 6.33. The lowest BCUT2D eigenvalue weighted by molar-refractivity contribution is 1.48. The monoisotopic (exact) mass is 247 g/mol. The van der Waals surface area contributed by atoms with E-state index in [2.05, 4.69) is 6.07 Å². The van der Waals surface area contributed by atoms with Crippen LogP contribution in [0.5, 0.6) is 0 Å². The molecular weight excluding hydrogens is 241 g/mol. The van der Waals surface area contributed by atoms with Gasteiger partial charge in [0.15, 0.2) is 0 Å². The van der Waals surface area contributed by atoms with Crippen molar-refractivity contribution in [1.82, 2.24) is 0 Å². The number of nitriles is 1. The number of hydrogen-bond acceptors (Lipinski definition) is 1. The fourth-order valence-corrected chi connectivity index (χ4v) is 1.80. The predicted octanol–water partition coefficient (Wildman–Crippen LogP) is 4.53. The zero-order valence-corrected chi connectivity index (χ0v) is 9.76. The SMILES string of the molecule is N#Cc1ccc(Cl)c(-c2ccc(Cl)cc2)c1. The molecule has 0 radical (unpaired) electrons. The summed E-state index contributed by atoms with van der Waals surface area (Å²) in [4.78, 5) is 0. The Morgan fingerprint density at radius 2 is 1.62 bits per heavy atom. The van der Waals surface area contributed by atoms with Gasteiger partial charge in [0.05, 0.1) is 11.6 Å². The molecule has 16 heavy (non-hydrogen) atoms. The second kappa shape index (κ2) is 4.57. The molecular formula is C13H7Cl2N. The summed E-state index contributed by atoms with van der Waals surface area (Å²) in [5, 5.41) is 10.1. The predicted molar refractivity (Wildman–Crippen MR) is 66.6 cm³/mol. The van der Waals surface area contributed by atoms with Crippen LogP contribution in [0.2, 0.25) is 10.0 Å². The zero-order valence-electron chi connectivity index (χ0n) is 8.24. The number of nitrogens with zero attached hydrogens (tertiary/aromatic N) is 1. The molecule has 0 saturated carbocycles. The highest BCUT2D eigenvalue weighted by Gasteiger charge is 2.04. The molecule has 0 spiro atoms. The number of hydrogen-bond donors (Lipinski definition) is 0. The molecule has 0 unspecified atom stereocenters. The van der Waals surface area contributed by atoms with Crippen molar-refractivity contribution in [2.45, 2.75) is 0 Å². The van der Waals surface area contributed by atoms with E-state index in [1.807, 2.05) is 12.1 Å². The molecule has 0 saturated heterocycles. The molecule has 0 amide bonds. The van der Waals surface area contributed by atoms with Crippen LogP contribution in [-0.2, 0) is 0 Å². The van der Waals surface area contributed by atoms with Gasteiger partial charge < -0.3 is 0 Å². The lowest BCUT2D eigenvalue weighted by Gasteiger charge is -2.04. The Balaban J connectivity index is 2.55. The Labute approximate surface area is 104 Å². The van der Waals surface area contributed by atoms with E-state index < -0.39 is 0 Å². The molecule has 2 aromatic rings. The maximum absolute atomic E-state index is 8.83. The van der Waals surface area contributed by atoms with E-state index >= 15 is 0 Å². The smallest absolute Gasteiger partial charge is 0.0991 e. The summed E-state index contributed by atoms with van der Waals surface area (Å²) in [5.41, 5.74) is 2.39. The van der Waals surface area contributed by atoms with Crippen molar-refractivity contribution in [2.75, 3.05) is 0 Å². The Morgan fingerprint density at radius 1 is 0.938 bits per heavy atom. The first-order chi connectivity index (χ1) is 7.70. The molecule has 2 rings (SSSR count). The van der Waals surface area contributed by atoms with Gasteiger partial charge in [-0.3, -0.25) is 0 Å². The number of rotatable bonds is 1. The molecule has 0 fully saturated rings. The summed E-state index contributed by atoms with van der Waals surface area (Å²) in [5.74, 6) is 0. The van der Waals surface area contributed by atoms with E-state index in [0.29, 0.717) is 15.6 Å². The van der Waals surface area contributed by atoms with Crippen LogP contribution >= 0.6 is 23.2 Å². The molecule has 0 aromatic heterocycles. The largest absolute Gasteiger partial charge is 0.192 e. The minimum atomic E-state index is 0.592. The van der Waals surface area contributed by atoms with Crippen LogP contribution in [0, 0.1) is 11.3 Å². The Kier molecular flexibility index (Phi) is 3.14. The van der Waals surface area contributed by atoms with Crippen LogP contribution in [0.3, 0.4) is 0 Å². The van der Waals surface area contributed by atoms with Crippen molar-refractivity contribution in [3.8, 4) is 17.2 Å². The molecule has 0 N–H and O–H groups in total. The van der Waals surface area contributed by atoms with Crippen molar-refractivity contribution in [3.05, 3.63) is 58.1 Å². The topological polar surface area (TPSA) is 23.8 Å². The molecule has 3 heteroatoms. The third-order valence-electron chi connectivity index (χ3n) is 2.25. The summed E-state index contributed by atoms with van der Waals surface area (Å²) in [6.45, 7) is 0. The maximum Gasteiger partial charge on any atom is 0.0991 e. The number of halogens is 2. The average Bonchev–Trinajstić information content (AvgIpc) is 2.31. The third-order valence-corrected chi connectivity index (χ3v) is 2.83. The van der Waals surface area contributed by atoms with Gasteiger partial charge in [-0.15, -0.1) is 0 Å². The second-order valence-corrected chi connectivity index (χ2v) is 4.16. The van der Waals surface area contributed by atoms with Crippen LogP contribution in [0.1, 0.15) is 5.56 Å². The van der Waals surface area contributed by atoms with Crippen molar-refractivity contribution >= 4 is 23.2 Å². The number of benzene rings is 2. The molecule has 0 aliphatic carbocycles. The van der Waals surface area contributed by atoms with E-state index in [1.54, 1.807) is 30.3 Å². The summed E-state index contributed by atoms with van der Waals surface area (Å²) in [6.07, 6.45) is 0. The van der Waals surface area contributed by atoms with Gasteiger partial charge in [0.1, 0.15) is 0 Å². The highest BCUT2D eigenvalue weighted by Crippen LogP contribution is 2.29. The zero-order chi connectivity index (χ0) is 11.5. The molecule has 2 aromatic carbocycles. The van der Waals surface area contributed by atoms with Crippen LogP contribution in [0.25, 0.3) is 11.1 Å². The van der Waals surface area contributed by atoms with E-state index in [-0.39, 0.29) is 0 Å². The molecule has 78 valence electrons. The van der Waals surface area contributed by atoms with Crippen LogP contribution in [0.4, 0.5) is 0 Å². The maximum atomic E-state index is 8.83. The first-order valence-corrected chi connectivity index (χ1v) is 5.42. The van der Waals surface area contributed by atoms with E-state index in [4.69, 9.17) is 28.5 Å². The van der Waals surface area contributed by atoms with Gasteiger partial charge in [0.25, 0.3) is 0 Å². The van der Waals surface area contributed by atoms with Crippen LogP contribution < -0.4 is 0 Å². The lowest BCUT2D eigenvalue weighted by atomic mass is 10.0. The van der Waals surface area contributed by atoms with E-state index in [0.717, 1.165) is 11.1 Å². The van der Waals surface area contributed by atoms with Crippen molar-refractivity contribution < 1.29 is 0 Å². The fraction of sp³-hybridized carbons (Fsp3) is 0. The molecule has 0 heterocycles. The average molecular weight is 248 g/mol. The third kappa shape index (κ3) is 2.19.